The van der Waals surface area contributed by atoms with Crippen molar-refractivity contribution in [2.45, 2.75) is 18.9 Å². The number of pyridine rings is 6. The van der Waals surface area contributed by atoms with Crippen LogP contribution in [0.1, 0.15) is 55.7 Å². The van der Waals surface area contributed by atoms with E-state index in [1.54, 1.807) is 41.3 Å². The number of hydrogen-bond acceptors (Lipinski definition) is 22. The van der Waals surface area contributed by atoms with Crippen molar-refractivity contribution in [1.29, 1.82) is 0 Å². The number of anilines is 3. The second-order valence-corrected chi connectivity index (χ2v) is 30.9. The van der Waals surface area contributed by atoms with Gasteiger partial charge in [0.1, 0.15) is 23.1 Å². The lowest BCUT2D eigenvalue weighted by Gasteiger charge is -2.33. The van der Waals surface area contributed by atoms with E-state index in [0.29, 0.717) is 91.7 Å². The summed E-state index contributed by atoms with van der Waals surface area (Å²) in [5.41, 5.74) is 16.4. The molecular weight excluding hydrogens is 1560 g/mol. The Morgan fingerprint density at radius 2 is 1.03 bits per heavy atom. The van der Waals surface area contributed by atoms with Gasteiger partial charge in [-0.05, 0) is 143 Å². The molecule has 4 amide bonds. The smallest absolute Gasteiger partial charge is 0.265 e. The first kappa shape index (κ1) is 82.6. The second-order valence-electron chi connectivity index (χ2n) is 30.9. The number of ether oxygens (including phenoxy) is 1. The molecule has 0 saturated carbocycles. The molecule has 4 aliphatic rings. The lowest BCUT2D eigenvalue weighted by molar-refractivity contribution is -0.118. The summed E-state index contributed by atoms with van der Waals surface area (Å²) >= 11 is 0. The molecule has 0 bridgehead atoms. The third kappa shape index (κ3) is 19.1. The van der Waals surface area contributed by atoms with Gasteiger partial charge in [0, 0.05) is 133 Å². The first-order valence-corrected chi connectivity index (χ1v) is 40.8. The molecule has 32 nitrogen and oxygen atoms in total. The van der Waals surface area contributed by atoms with Crippen LogP contribution in [0.15, 0.2) is 225 Å². The lowest BCUT2D eigenvalue weighted by Crippen LogP contribution is -2.47. The van der Waals surface area contributed by atoms with Crippen molar-refractivity contribution in [3.05, 3.63) is 281 Å². The van der Waals surface area contributed by atoms with Crippen LogP contribution in [0.25, 0.3) is 92.9 Å². The molecule has 4 aliphatic heterocycles. The number of likely N-dealkylation sites (N-methyl/N-ethyl adjacent to an activating group) is 3. The average Bonchev–Trinajstić information content (AvgIpc) is 1.59. The van der Waals surface area contributed by atoms with Gasteiger partial charge in [-0.3, -0.25) is 58.0 Å². The van der Waals surface area contributed by atoms with E-state index < -0.39 is 0 Å². The van der Waals surface area contributed by atoms with Crippen molar-refractivity contribution in [2.75, 3.05) is 149 Å². The third-order valence-corrected chi connectivity index (χ3v) is 22.2. The van der Waals surface area contributed by atoms with Crippen LogP contribution in [0.3, 0.4) is 0 Å². The molecule has 20 rings (SSSR count). The Kier molecular flexibility index (Phi) is 25.3. The number of piperazine rings is 2. The molecule has 7 aromatic carbocycles. The first-order valence-electron chi connectivity index (χ1n) is 40.8. The number of carbonyl (C=O) groups excluding carboxylic acids is 4. The Bertz CT molecular complexity index is 6850. The van der Waals surface area contributed by atoms with Gasteiger partial charge in [-0.15, -0.1) is 10.2 Å². The van der Waals surface area contributed by atoms with E-state index in [4.69, 9.17) is 9.72 Å². The number of nitrogens with zero attached hydrogens (tertiary/aromatic N) is 13. The summed E-state index contributed by atoms with van der Waals surface area (Å²) < 4.78 is 7.44. The van der Waals surface area contributed by atoms with Crippen molar-refractivity contribution in [3.8, 4) is 0 Å². The maximum atomic E-state index is 12.6. The Balaban J connectivity index is 0.000000114. The molecule has 32 heteroatoms. The largest absolute Gasteiger partial charge is 0.379 e. The second kappa shape index (κ2) is 37.7. The maximum absolute atomic E-state index is 12.6. The quantitative estimate of drug-likeness (QED) is 0.0341. The van der Waals surface area contributed by atoms with E-state index in [1.807, 2.05) is 184 Å². The summed E-state index contributed by atoms with van der Waals surface area (Å²) in [5, 5.41) is 28.9. The van der Waals surface area contributed by atoms with E-state index in [2.05, 4.69) is 120 Å². The van der Waals surface area contributed by atoms with Crippen LogP contribution in [0.4, 0.5) is 17.5 Å². The number of amides is 4. The van der Waals surface area contributed by atoms with Gasteiger partial charge in [-0.1, -0.05) is 120 Å². The predicted octanol–water partition coefficient (Wildman–Crippen LogP) is 8.18. The van der Waals surface area contributed by atoms with Crippen LogP contribution in [-0.4, -0.2) is 241 Å². The first-order chi connectivity index (χ1) is 59.9. The topological polar surface area (TPSA) is 386 Å². The number of hydrogen-bond donors (Lipinski definition) is 10. The van der Waals surface area contributed by atoms with Crippen LogP contribution in [0, 0.1) is 0 Å². The predicted molar refractivity (Wildman–Crippen MR) is 479 cm³/mol. The molecule has 9 aromatic heterocycles. The fraction of sp³-hybridized carbons (Fsp3) is 0.253. The molecular formula is C91H93N23O9. The Morgan fingerprint density at radius 1 is 0.512 bits per heavy atom. The van der Waals surface area contributed by atoms with E-state index in [1.165, 1.54) is 0 Å². The molecule has 10 N–H and O–H groups in total. The van der Waals surface area contributed by atoms with Crippen molar-refractivity contribution in [1.82, 2.24) is 101 Å². The Hall–Kier alpha value is -14.1. The van der Waals surface area contributed by atoms with E-state index >= 15 is 0 Å². The van der Waals surface area contributed by atoms with Crippen LogP contribution in [0.5, 0.6) is 0 Å². The Morgan fingerprint density at radius 3 is 1.63 bits per heavy atom. The highest BCUT2D eigenvalue weighted by Crippen LogP contribution is 2.32. The molecule has 0 aliphatic carbocycles. The summed E-state index contributed by atoms with van der Waals surface area (Å²) in [5.74, 6) is 2.10. The molecule has 1 atom stereocenters. The normalized spacial score (nSPS) is 15.2. The number of tetrazole rings is 1. The zero-order chi connectivity index (χ0) is 85.0. The zero-order valence-corrected chi connectivity index (χ0v) is 68.4. The minimum absolute atomic E-state index is 0.0581. The van der Waals surface area contributed by atoms with Gasteiger partial charge >= 0.3 is 0 Å². The number of H-pyrrole nitrogens is 5. The number of hydrazine groups is 1. The number of morpholine rings is 1. The highest BCUT2D eigenvalue weighted by Gasteiger charge is 2.28. The number of carbonyl (C=O) groups is 4. The van der Waals surface area contributed by atoms with Crippen LogP contribution in [-0.2, 0) is 20.7 Å². The SMILES string of the molecule is CN(C)CC(=O)Nc1ccc2[nH]c(=O)c3ccccc3c2n1.CN1CCN(CC(=O)Nc2ccc3[nH]c(=O)c4ccccc4c3n2)CC1.CN1CCN(c2ccc3[nH]c(=O)c4ccccc4c3n2)CC1.O=C(NCCCN1CCOCC1)c1cccc(C2NNC(=O)c3ccccc32)c1.O=c1[nH]c2c(Cc3nn[nH]n3)c3ccccc3n2c2ccccc12. The zero-order valence-electron chi connectivity index (χ0n) is 68.4. The molecule has 16 aromatic rings. The van der Waals surface area contributed by atoms with Crippen molar-refractivity contribution in [3.63, 3.8) is 0 Å². The van der Waals surface area contributed by atoms with Crippen LogP contribution in [0.2, 0.25) is 0 Å². The van der Waals surface area contributed by atoms with E-state index in [-0.39, 0.29) is 58.5 Å². The van der Waals surface area contributed by atoms with Crippen molar-refractivity contribution in [2.24, 2.45) is 0 Å². The van der Waals surface area contributed by atoms with E-state index in [9.17, 15) is 38.4 Å². The number of rotatable bonds is 15. The molecule has 0 radical (unpaired) electrons. The fourth-order valence-electron chi connectivity index (χ4n) is 15.8. The number of aromatic nitrogens is 12. The Labute approximate surface area is 703 Å². The van der Waals surface area contributed by atoms with Gasteiger partial charge in [0.15, 0.2) is 5.82 Å². The van der Waals surface area contributed by atoms with E-state index in [0.717, 1.165) is 163 Å². The molecule has 0 spiro atoms. The number of benzene rings is 7. The number of nitrogens with one attached hydrogen (secondary N) is 10. The van der Waals surface area contributed by atoms with Crippen LogP contribution >= 0.6 is 0 Å². The monoisotopic (exact) mass is 1650 g/mol. The fourth-order valence-corrected chi connectivity index (χ4v) is 15.8. The molecule has 1 unspecified atom stereocenters. The minimum atomic E-state index is -0.196. The summed E-state index contributed by atoms with van der Waals surface area (Å²) in [6.45, 7) is 13.5. The van der Waals surface area contributed by atoms with Crippen molar-refractivity contribution >= 4 is 134 Å². The van der Waals surface area contributed by atoms with Gasteiger partial charge in [-0.2, -0.15) is 5.21 Å². The molecule has 626 valence electrons. The lowest BCUT2D eigenvalue weighted by atomic mass is 9.92. The summed E-state index contributed by atoms with van der Waals surface area (Å²) in [7, 11) is 7.88. The molecule has 3 fully saturated rings. The highest BCUT2D eigenvalue weighted by molar-refractivity contribution is 6.07. The van der Waals surface area contributed by atoms with Gasteiger partial charge in [0.05, 0.1) is 81.9 Å². The number of para-hydroxylation sites is 2. The van der Waals surface area contributed by atoms with Crippen LogP contribution < -0.4 is 53.9 Å². The molecule has 123 heavy (non-hydrogen) atoms. The van der Waals surface area contributed by atoms with Gasteiger partial charge in [0.25, 0.3) is 34.1 Å². The van der Waals surface area contributed by atoms with Gasteiger partial charge in [0.2, 0.25) is 11.8 Å². The number of aromatic amines is 5. The molecule has 3 saturated heterocycles. The standard InChI is InChI=1S/C22H26N4O3.C19H21N5O2.C17H12N6O.C17H18N4O.C16H16N4O2/c27-21(23-9-4-10-26-11-13-29-14-12-26)17-6-3-5-16(15-17)20-18-7-1-2-8-19(18)22(28)25-24-20;1-23-8-10-24(11-9-23)12-17(25)21-16-7-6-15-18(22-16)13-4-2-3-5-14(13)19(26)20-15;24-17-11-6-2-4-8-14(11)23-13-7-3-1-5-10(13)12(16(23)18-17)9-15-19-21-22-20-15;1-20-8-10-21(11-9-20)15-7-6-14-16(19-15)12-4-2-3-5-13(12)17(22)18-14;1-20(2)9-14(21)18-13-8-7-12-15(19-13)10-5-3-4-6-11(10)16(22)17-12/h1-3,5-8,15,20,24H,4,9-14H2,(H,23,27)(H,25,28);2-7H,8-12H2,1H3,(H,20,26)(H,21,22,25);1-8H,9H2,(H,18,24)(H,19,20,21,22);2-7H,8-11H2,1H3,(H,18,22);3-8H,9H2,1-2H3,(H,17,22)(H,18,19,21). The summed E-state index contributed by atoms with van der Waals surface area (Å²) in [4.78, 5) is 136. The maximum Gasteiger partial charge on any atom is 0.265 e. The minimum Gasteiger partial charge on any atom is -0.379 e. The summed E-state index contributed by atoms with van der Waals surface area (Å²) in [6.07, 6.45) is 1.40. The van der Waals surface area contributed by atoms with Gasteiger partial charge in [-0.25, -0.2) is 20.4 Å². The summed E-state index contributed by atoms with van der Waals surface area (Å²) in [6, 6.07) is 63.7. The average molecular weight is 1650 g/mol. The third-order valence-electron chi connectivity index (χ3n) is 22.2. The highest BCUT2D eigenvalue weighted by atomic mass is 16.5. The number of fused-ring (bicyclic) bond motifs is 15. The van der Waals surface area contributed by atoms with Crippen molar-refractivity contribution < 1.29 is 23.9 Å². The molecule has 13 heterocycles. The van der Waals surface area contributed by atoms with Gasteiger partial charge < -0.3 is 60.2 Å².